The Bertz CT molecular complexity index is 2800. The second kappa shape index (κ2) is 42.9. The van der Waals surface area contributed by atoms with Crippen molar-refractivity contribution in [1.82, 2.24) is 90.2 Å². The van der Waals surface area contributed by atoms with Gasteiger partial charge in [0, 0.05) is 137 Å². The first-order valence-corrected chi connectivity index (χ1v) is 34.0. The zero-order valence-corrected chi connectivity index (χ0v) is 66.5. The summed E-state index contributed by atoms with van der Waals surface area (Å²) in [7, 11) is 0. The molecule has 101 heavy (non-hydrogen) atoms. The van der Waals surface area contributed by atoms with Gasteiger partial charge in [0.15, 0.2) is 0 Å². The van der Waals surface area contributed by atoms with Crippen molar-refractivity contribution in [1.29, 1.82) is 0 Å². The third kappa shape index (κ3) is 42.0. The highest BCUT2D eigenvalue weighted by atomic mass is 15.1. The van der Waals surface area contributed by atoms with Crippen LogP contribution in [0.3, 0.4) is 0 Å². The summed E-state index contributed by atoms with van der Waals surface area (Å²) in [6.45, 7) is 64.2. The van der Waals surface area contributed by atoms with Gasteiger partial charge in [-0.3, -0.25) is 24.9 Å². The molecule has 0 amide bonds. The summed E-state index contributed by atoms with van der Waals surface area (Å²) in [5, 5.41) is 15.3. The van der Waals surface area contributed by atoms with Crippen molar-refractivity contribution in [3.05, 3.63) is 254 Å². The van der Waals surface area contributed by atoms with E-state index in [2.05, 4.69) is 322 Å². The van der Waals surface area contributed by atoms with E-state index in [4.69, 9.17) is 0 Å². The van der Waals surface area contributed by atoms with E-state index in [1.165, 1.54) is 34.9 Å². The minimum Gasteiger partial charge on any atom is -0.265 e. The van der Waals surface area contributed by atoms with Crippen LogP contribution in [0.4, 0.5) is 0 Å². The lowest BCUT2D eigenvalue weighted by Crippen LogP contribution is -2.15. The first-order chi connectivity index (χ1) is 46.1. The Morgan fingerprint density at radius 1 is 0.198 bits per heavy atom. The first-order valence-electron chi connectivity index (χ1n) is 34.0. The number of pyridine rings is 3. The molecule has 0 aliphatic rings. The van der Waals surface area contributed by atoms with Crippen molar-refractivity contribution in [2.24, 2.45) is 0 Å². The predicted molar refractivity (Wildman–Crippen MR) is 418 cm³/mol. The Morgan fingerprint density at radius 2 is 0.624 bits per heavy atom. The van der Waals surface area contributed by atoms with Crippen LogP contribution in [-0.2, 0) is 54.1 Å². The molecule has 10 aromatic heterocycles. The first kappa shape index (κ1) is 91.9. The highest BCUT2D eigenvalue weighted by molar-refractivity contribution is 5.20. The van der Waals surface area contributed by atoms with Gasteiger partial charge in [0.1, 0.15) is 37.0 Å². The zero-order chi connectivity index (χ0) is 76.1. The van der Waals surface area contributed by atoms with Gasteiger partial charge in [-0.05, 0) is 105 Å². The summed E-state index contributed by atoms with van der Waals surface area (Å²) in [4.78, 5) is 56.4. The maximum Gasteiger partial charge on any atom is 0.137 e. The van der Waals surface area contributed by atoms with Crippen LogP contribution in [0, 0.1) is 0 Å². The van der Waals surface area contributed by atoms with Crippen molar-refractivity contribution in [2.45, 2.75) is 269 Å². The summed E-state index contributed by atoms with van der Waals surface area (Å²) in [5.74, 6) is 1.73. The van der Waals surface area contributed by atoms with Crippen LogP contribution in [0.25, 0.3) is 0 Å². The summed E-state index contributed by atoms with van der Waals surface area (Å²) in [6, 6.07) is 23.9. The third-order valence-electron chi connectivity index (χ3n) is 13.8. The standard InChI is InChI=1S/3C9H13N.6C8H12N2.C7H11N3.CH4/c1-9(2,3)8-4-6-10-7-5-8;1-9(2,3)8-5-4-6-10-7-8;1-9(2,3)8-6-4-5-7-10-8;1-8(2,3)7-4-9-6-10-5-7;1-8(2,3)7-6-9-4-5-10-7;1-8(2,3)7-4-5-9-6-10-7;1-8(2,3)7-4-5-9-10-6-7;1-8(2,3)7-9-5-4-6-10-7;1-8(2,3)7-5-4-6-9-10-7;1-7(2,3)6-9-4-8-5-10-6;/h3*4-7H,1-3H3;6*4-6H,1-3H3;4-5H,1-3H3;1H4. The molecule has 18 heteroatoms. The monoisotopic (exact) mass is 1380 g/mol. The normalized spacial score (nSPS) is 11.4. The van der Waals surface area contributed by atoms with Crippen LogP contribution in [-0.4, -0.2) is 90.2 Å². The molecule has 0 spiro atoms. The molecule has 0 fully saturated rings. The van der Waals surface area contributed by atoms with Gasteiger partial charge in [-0.1, -0.05) is 227 Å². The minimum absolute atomic E-state index is 0. The SMILES string of the molecule is C.CC(C)(C)c1ccccn1.CC(C)(C)c1cccnc1.CC(C)(C)c1cccnn1.CC(C)(C)c1ccncc1.CC(C)(C)c1ccncn1.CC(C)(C)c1ccnnc1.CC(C)(C)c1cnccn1.CC(C)(C)c1cncnc1.CC(C)(C)c1ncccn1.CC(C)(C)c1ncncn1. The second-order valence-electron chi connectivity index (χ2n) is 33.8. The van der Waals surface area contributed by atoms with Gasteiger partial charge >= 0.3 is 0 Å². The van der Waals surface area contributed by atoms with Crippen molar-refractivity contribution in [3.63, 3.8) is 0 Å². The van der Waals surface area contributed by atoms with E-state index < -0.39 is 0 Å². The maximum atomic E-state index is 4.25. The molecular formula is C83H126N18. The van der Waals surface area contributed by atoms with Gasteiger partial charge in [-0.25, -0.2) is 44.9 Å². The molecule has 18 nitrogen and oxygen atoms in total. The van der Waals surface area contributed by atoms with E-state index in [1.807, 2.05) is 85.7 Å². The Hall–Kier alpha value is -9.06. The van der Waals surface area contributed by atoms with Crippen molar-refractivity contribution >= 4 is 0 Å². The van der Waals surface area contributed by atoms with Crippen LogP contribution >= 0.6 is 0 Å². The molecule has 10 aromatic rings. The smallest absolute Gasteiger partial charge is 0.137 e. The molecule has 0 radical (unpaired) electrons. The molecule has 10 rings (SSSR count). The van der Waals surface area contributed by atoms with Crippen molar-refractivity contribution in [3.8, 4) is 0 Å². The van der Waals surface area contributed by atoms with Crippen LogP contribution in [0.1, 0.15) is 272 Å². The topological polar surface area (TPSA) is 232 Å². The minimum atomic E-state index is 0. The van der Waals surface area contributed by atoms with E-state index in [1.54, 1.807) is 74.6 Å². The predicted octanol–water partition coefficient (Wildman–Crippen LogP) is 19.6. The number of aromatic nitrogens is 18. The molecule has 0 atom stereocenters. The molecule has 0 aliphatic carbocycles. The molecule has 0 saturated carbocycles. The molecule has 0 bridgehead atoms. The van der Waals surface area contributed by atoms with Crippen molar-refractivity contribution < 1.29 is 0 Å². The summed E-state index contributed by atoms with van der Waals surface area (Å²) >= 11 is 0. The summed E-state index contributed by atoms with van der Waals surface area (Å²) < 4.78 is 0. The maximum absolute atomic E-state index is 4.25. The van der Waals surface area contributed by atoms with E-state index in [0.29, 0.717) is 0 Å². The Balaban J connectivity index is 0.00000110. The number of nitrogens with zero attached hydrogens (tertiary/aromatic N) is 18. The highest BCUT2D eigenvalue weighted by Crippen LogP contribution is 2.25. The van der Waals surface area contributed by atoms with Crippen LogP contribution in [0.5, 0.6) is 0 Å². The molecular weight excluding hydrogens is 1250 g/mol. The van der Waals surface area contributed by atoms with E-state index in [9.17, 15) is 0 Å². The third-order valence-corrected chi connectivity index (χ3v) is 13.8. The summed E-state index contributed by atoms with van der Waals surface area (Å²) in [6.07, 6.45) is 34.9. The quantitative estimate of drug-likeness (QED) is 0.137. The van der Waals surface area contributed by atoms with Gasteiger partial charge < -0.3 is 0 Å². The van der Waals surface area contributed by atoms with Gasteiger partial charge in [0.05, 0.1) is 17.6 Å². The fraction of sp³-hybridized carbons (Fsp3) is 0.494. The van der Waals surface area contributed by atoms with Crippen LogP contribution < -0.4 is 0 Å². The number of hydrogen-bond donors (Lipinski definition) is 0. The average molecular weight is 1380 g/mol. The molecule has 0 saturated heterocycles. The van der Waals surface area contributed by atoms with E-state index >= 15 is 0 Å². The zero-order valence-electron chi connectivity index (χ0n) is 66.5. The molecule has 0 aliphatic heterocycles. The van der Waals surface area contributed by atoms with Gasteiger partial charge in [-0.15, -0.1) is 0 Å². The lowest BCUT2D eigenvalue weighted by Gasteiger charge is -2.17. The largest absolute Gasteiger partial charge is 0.265 e. The number of hydrogen-bond acceptors (Lipinski definition) is 18. The Kier molecular flexibility index (Phi) is 39.1. The lowest BCUT2D eigenvalue weighted by atomic mass is 9.88. The van der Waals surface area contributed by atoms with Gasteiger partial charge in [0.25, 0.3) is 0 Å². The van der Waals surface area contributed by atoms with Gasteiger partial charge in [0.2, 0.25) is 0 Å². The molecule has 10 heterocycles. The van der Waals surface area contributed by atoms with E-state index in [0.717, 1.165) is 34.4 Å². The Morgan fingerprint density at radius 3 is 0.921 bits per heavy atom. The highest BCUT2D eigenvalue weighted by Gasteiger charge is 2.20. The molecule has 548 valence electrons. The van der Waals surface area contributed by atoms with Crippen molar-refractivity contribution in [2.75, 3.05) is 0 Å². The molecule has 0 unspecified atom stereocenters. The second-order valence-corrected chi connectivity index (χ2v) is 33.8. The van der Waals surface area contributed by atoms with Gasteiger partial charge in [-0.2, -0.15) is 20.4 Å². The molecule has 0 N–H and O–H groups in total. The lowest BCUT2D eigenvalue weighted by molar-refractivity contribution is 0.541. The summed E-state index contributed by atoms with van der Waals surface area (Å²) in [5.41, 5.74) is 10.8. The van der Waals surface area contributed by atoms with Crippen LogP contribution in [0.2, 0.25) is 0 Å². The average Bonchev–Trinajstić information content (AvgIpc) is 1.48. The van der Waals surface area contributed by atoms with Crippen LogP contribution in [0.15, 0.2) is 197 Å². The fourth-order valence-corrected chi connectivity index (χ4v) is 7.32. The Labute approximate surface area is 610 Å². The number of rotatable bonds is 0. The molecule has 0 aromatic carbocycles. The van der Waals surface area contributed by atoms with E-state index in [-0.39, 0.29) is 61.6 Å². The fourth-order valence-electron chi connectivity index (χ4n) is 7.32.